The van der Waals surface area contributed by atoms with E-state index in [2.05, 4.69) is 5.32 Å². The van der Waals surface area contributed by atoms with Crippen LogP contribution in [-0.4, -0.2) is 31.2 Å². The molecule has 2 aromatic carbocycles. The van der Waals surface area contributed by atoms with Gasteiger partial charge in [0.1, 0.15) is 5.60 Å². The third-order valence-electron chi connectivity index (χ3n) is 5.14. The van der Waals surface area contributed by atoms with Crippen LogP contribution in [0.2, 0.25) is 0 Å². The molecule has 0 radical (unpaired) electrons. The van der Waals surface area contributed by atoms with Crippen LogP contribution in [0.5, 0.6) is 0 Å². The average Bonchev–Trinajstić information content (AvgIpc) is 2.98. The molecule has 2 N–H and O–H groups in total. The lowest BCUT2D eigenvalue weighted by Gasteiger charge is -2.24. The van der Waals surface area contributed by atoms with Crippen LogP contribution in [0.15, 0.2) is 53.4 Å². The number of amides is 1. The monoisotopic (exact) mass is 387 g/mol. The van der Waals surface area contributed by atoms with E-state index < -0.39 is 20.7 Å². The number of carbonyl (C=O) groups excluding carboxylic acids is 1. The minimum atomic E-state index is -3.31. The van der Waals surface area contributed by atoms with Crippen LogP contribution in [-0.2, 0) is 33.1 Å². The van der Waals surface area contributed by atoms with Crippen LogP contribution in [0.4, 0.5) is 0 Å². The van der Waals surface area contributed by atoms with E-state index in [-0.39, 0.29) is 23.8 Å². The fraction of sp³-hybridized carbons (Fsp3) is 0.381. The summed E-state index contributed by atoms with van der Waals surface area (Å²) in [5.41, 5.74) is 1.71. The third kappa shape index (κ3) is 4.06. The molecule has 3 rings (SSSR count). The smallest absolute Gasteiger partial charge is 0.224 e. The second-order valence-electron chi connectivity index (χ2n) is 7.38. The van der Waals surface area contributed by atoms with Crippen LogP contribution in [0, 0.1) is 0 Å². The molecule has 0 saturated carbocycles. The first-order valence-electron chi connectivity index (χ1n) is 9.13. The van der Waals surface area contributed by atoms with E-state index in [9.17, 15) is 18.3 Å². The molecule has 0 heterocycles. The number of carbonyl (C=O) groups is 1. The van der Waals surface area contributed by atoms with Crippen molar-refractivity contribution in [1.82, 2.24) is 5.32 Å². The maximum atomic E-state index is 12.3. The van der Waals surface area contributed by atoms with Gasteiger partial charge in [-0.1, -0.05) is 36.4 Å². The normalized spacial score (nSPS) is 19.1. The van der Waals surface area contributed by atoms with Crippen molar-refractivity contribution in [3.63, 3.8) is 0 Å². The van der Waals surface area contributed by atoms with Crippen molar-refractivity contribution in [1.29, 1.82) is 0 Å². The van der Waals surface area contributed by atoms with E-state index in [0.717, 1.165) is 23.1 Å². The zero-order valence-corrected chi connectivity index (χ0v) is 16.4. The second kappa shape index (κ2) is 7.44. The SMILES string of the molecule is CC(C)S(=O)(=O)c1ccc(CC(=O)NCC2(O)CCc3ccccc32)cc1. The quantitative estimate of drug-likeness (QED) is 0.797. The lowest BCUT2D eigenvalue weighted by atomic mass is 9.96. The number of aliphatic hydroxyl groups is 1. The standard InChI is InChI=1S/C21H25NO4S/c1-15(2)27(25,26)18-9-7-16(8-10-18)13-20(23)22-14-21(24)12-11-17-5-3-4-6-19(17)21/h3-10,15,24H,11-14H2,1-2H3,(H,22,23). The summed E-state index contributed by atoms with van der Waals surface area (Å²) in [6.45, 7) is 3.45. The van der Waals surface area contributed by atoms with Crippen molar-refractivity contribution >= 4 is 15.7 Å². The number of fused-ring (bicyclic) bond motifs is 1. The van der Waals surface area contributed by atoms with Crippen LogP contribution >= 0.6 is 0 Å². The largest absolute Gasteiger partial charge is 0.383 e. The zero-order valence-electron chi connectivity index (χ0n) is 15.6. The summed E-state index contributed by atoms with van der Waals surface area (Å²) in [7, 11) is -3.31. The number of aryl methyl sites for hydroxylation is 1. The molecule has 1 aliphatic rings. The summed E-state index contributed by atoms with van der Waals surface area (Å²) in [4.78, 5) is 12.5. The fourth-order valence-corrected chi connectivity index (χ4v) is 4.47. The molecular formula is C21H25NO4S. The number of sulfone groups is 1. The highest BCUT2D eigenvalue weighted by Gasteiger charge is 2.36. The maximum Gasteiger partial charge on any atom is 0.224 e. The van der Waals surface area contributed by atoms with Crippen molar-refractivity contribution in [2.75, 3.05) is 6.54 Å². The average molecular weight is 388 g/mol. The Hall–Kier alpha value is -2.18. The molecule has 0 spiro atoms. The van der Waals surface area contributed by atoms with Crippen molar-refractivity contribution < 1.29 is 18.3 Å². The van der Waals surface area contributed by atoms with Gasteiger partial charge in [0.15, 0.2) is 9.84 Å². The van der Waals surface area contributed by atoms with Crippen molar-refractivity contribution in [2.24, 2.45) is 0 Å². The predicted octanol–water partition coefficient (Wildman–Crippen LogP) is 2.36. The van der Waals surface area contributed by atoms with Gasteiger partial charge < -0.3 is 10.4 Å². The van der Waals surface area contributed by atoms with E-state index in [4.69, 9.17) is 0 Å². The Morgan fingerprint density at radius 3 is 2.48 bits per heavy atom. The molecule has 27 heavy (non-hydrogen) atoms. The first-order chi connectivity index (χ1) is 12.7. The van der Waals surface area contributed by atoms with Crippen LogP contribution in [0.3, 0.4) is 0 Å². The summed E-state index contributed by atoms with van der Waals surface area (Å²) in [5.74, 6) is -0.202. The topological polar surface area (TPSA) is 83.5 Å². The highest BCUT2D eigenvalue weighted by Crippen LogP contribution is 2.36. The first-order valence-corrected chi connectivity index (χ1v) is 10.7. The van der Waals surface area contributed by atoms with Gasteiger partial charge in [0.05, 0.1) is 23.1 Å². The Morgan fingerprint density at radius 1 is 1.15 bits per heavy atom. The minimum absolute atomic E-state index is 0.139. The molecule has 144 valence electrons. The van der Waals surface area contributed by atoms with Crippen LogP contribution < -0.4 is 5.32 Å². The predicted molar refractivity (Wildman–Crippen MR) is 104 cm³/mol. The van der Waals surface area contributed by atoms with Crippen LogP contribution in [0.1, 0.15) is 37.0 Å². The minimum Gasteiger partial charge on any atom is -0.383 e. The summed E-state index contributed by atoms with van der Waals surface area (Å²) in [6, 6.07) is 14.2. The fourth-order valence-electron chi connectivity index (χ4n) is 3.41. The van der Waals surface area contributed by atoms with Gasteiger partial charge in [-0.15, -0.1) is 0 Å². The molecule has 6 heteroatoms. The van der Waals surface area contributed by atoms with Gasteiger partial charge in [-0.3, -0.25) is 4.79 Å². The van der Waals surface area contributed by atoms with Gasteiger partial charge in [-0.2, -0.15) is 0 Å². The molecule has 1 atom stereocenters. The Morgan fingerprint density at radius 2 is 1.81 bits per heavy atom. The Labute approximate surface area is 160 Å². The Bertz CT molecular complexity index is 935. The molecule has 5 nitrogen and oxygen atoms in total. The zero-order chi connectivity index (χ0) is 19.7. The van der Waals surface area contributed by atoms with Gasteiger partial charge in [0.25, 0.3) is 0 Å². The first kappa shape index (κ1) is 19.6. The van der Waals surface area contributed by atoms with Gasteiger partial charge in [0.2, 0.25) is 5.91 Å². The molecule has 1 unspecified atom stereocenters. The van der Waals surface area contributed by atoms with Gasteiger partial charge >= 0.3 is 0 Å². The summed E-state index contributed by atoms with van der Waals surface area (Å²) in [5, 5.41) is 13.2. The molecule has 0 saturated heterocycles. The van der Waals surface area contributed by atoms with E-state index in [0.29, 0.717) is 6.42 Å². The Kier molecular flexibility index (Phi) is 5.40. The van der Waals surface area contributed by atoms with E-state index in [1.165, 1.54) is 0 Å². The Balaban J connectivity index is 1.61. The summed E-state index contributed by atoms with van der Waals surface area (Å²) >= 11 is 0. The molecule has 1 amide bonds. The molecule has 2 aromatic rings. The summed E-state index contributed by atoms with van der Waals surface area (Å²) in [6.07, 6.45) is 1.53. The van der Waals surface area contributed by atoms with Gasteiger partial charge in [-0.05, 0) is 55.5 Å². The number of hydrogen-bond donors (Lipinski definition) is 2. The highest BCUT2D eigenvalue weighted by molar-refractivity contribution is 7.92. The molecular weight excluding hydrogens is 362 g/mol. The molecule has 0 aliphatic heterocycles. The molecule has 0 fully saturated rings. The lowest BCUT2D eigenvalue weighted by molar-refractivity contribution is -0.121. The maximum absolute atomic E-state index is 12.3. The number of rotatable bonds is 6. The van der Waals surface area contributed by atoms with Crippen LogP contribution in [0.25, 0.3) is 0 Å². The van der Waals surface area contributed by atoms with Crippen molar-refractivity contribution in [3.8, 4) is 0 Å². The number of benzene rings is 2. The molecule has 1 aliphatic carbocycles. The second-order valence-corrected chi connectivity index (χ2v) is 9.88. The van der Waals surface area contributed by atoms with E-state index >= 15 is 0 Å². The van der Waals surface area contributed by atoms with E-state index in [1.807, 2.05) is 24.3 Å². The van der Waals surface area contributed by atoms with E-state index in [1.54, 1.807) is 38.1 Å². The number of hydrogen-bond acceptors (Lipinski definition) is 4. The molecule has 0 bridgehead atoms. The van der Waals surface area contributed by atoms with Crippen molar-refractivity contribution in [3.05, 3.63) is 65.2 Å². The van der Waals surface area contributed by atoms with Crippen molar-refractivity contribution in [2.45, 2.75) is 48.9 Å². The molecule has 0 aromatic heterocycles. The summed E-state index contributed by atoms with van der Waals surface area (Å²) < 4.78 is 24.3. The highest BCUT2D eigenvalue weighted by atomic mass is 32.2. The lowest BCUT2D eigenvalue weighted by Crippen LogP contribution is -2.39. The third-order valence-corrected chi connectivity index (χ3v) is 7.31. The van der Waals surface area contributed by atoms with Gasteiger partial charge in [0, 0.05) is 0 Å². The van der Waals surface area contributed by atoms with Gasteiger partial charge in [-0.25, -0.2) is 8.42 Å². The number of nitrogens with one attached hydrogen (secondary N) is 1.